The van der Waals surface area contributed by atoms with Crippen molar-refractivity contribution in [2.24, 2.45) is 5.92 Å². The second kappa shape index (κ2) is 13.7. The molecule has 1 aliphatic heterocycles. The zero-order chi connectivity index (χ0) is 34.9. The van der Waals surface area contributed by atoms with Crippen LogP contribution in [0.2, 0.25) is 18.1 Å². The van der Waals surface area contributed by atoms with Crippen molar-refractivity contribution in [3.8, 4) is 5.88 Å². The number of anilines is 3. The number of amides is 2. The first-order valence-electron chi connectivity index (χ1n) is 15.9. The molecule has 0 bridgehead atoms. The highest BCUT2D eigenvalue weighted by Crippen LogP contribution is 2.40. The van der Waals surface area contributed by atoms with E-state index in [0.717, 1.165) is 0 Å². The Balaban J connectivity index is 1.53. The second-order valence-corrected chi connectivity index (χ2v) is 18.4. The predicted octanol–water partition coefficient (Wildman–Crippen LogP) is 6.19. The van der Waals surface area contributed by atoms with Crippen LogP contribution in [-0.2, 0) is 24.6 Å². The molecule has 3 atom stereocenters. The Bertz CT molecular complexity index is 1710. The van der Waals surface area contributed by atoms with Gasteiger partial charge in [-0.3, -0.25) is 14.7 Å². The highest BCUT2D eigenvalue weighted by Gasteiger charge is 2.49. The van der Waals surface area contributed by atoms with Crippen molar-refractivity contribution in [3.63, 3.8) is 0 Å². The van der Waals surface area contributed by atoms with Gasteiger partial charge in [-0.2, -0.15) is 9.97 Å². The van der Waals surface area contributed by atoms with Crippen LogP contribution in [0.15, 0.2) is 67.0 Å². The summed E-state index contributed by atoms with van der Waals surface area (Å²) in [5.41, 5.74) is 1.26. The molecule has 1 saturated heterocycles. The first kappa shape index (κ1) is 35.1. The maximum atomic E-state index is 13.9. The Morgan fingerprint density at radius 3 is 2.23 bits per heavy atom. The number of aliphatic hydroxyl groups is 1. The number of ether oxygens (including phenoxy) is 3. The fourth-order valence-corrected chi connectivity index (χ4v) is 5.97. The Kier molecular flexibility index (Phi) is 10.0. The number of nitrogens with zero attached hydrogens (tertiary/aromatic N) is 5. The third-order valence-corrected chi connectivity index (χ3v) is 13.3. The van der Waals surface area contributed by atoms with Gasteiger partial charge in [0.05, 0.1) is 30.5 Å². The fourth-order valence-electron chi connectivity index (χ4n) is 4.95. The maximum absolute atomic E-state index is 13.9. The first-order valence-corrected chi connectivity index (χ1v) is 18.8. The summed E-state index contributed by atoms with van der Waals surface area (Å²) in [5.74, 6) is -3.06. The standard InChI is InChI=1S/C34H44N6O7Si/c1-22(2)29(41)37-31-36-28-27(30(38-31)46-32(42)40(23-15-11-9-12-16-23)24-17-13-10-14-18-24)35-21-39(28)34(43)19-25(44-6)26(47-34)20-45-48(7,8)33(3,4)5/h9-18,21-22,25-26,43H,19-20H2,1-8H3,(H,36,37,38,41)/t25-,26+,34?/m0/s1. The summed E-state index contributed by atoms with van der Waals surface area (Å²) < 4.78 is 25.6. The highest BCUT2D eigenvalue weighted by atomic mass is 28.4. The summed E-state index contributed by atoms with van der Waals surface area (Å²) in [6, 6.07) is 18.0. The van der Waals surface area contributed by atoms with Crippen molar-refractivity contribution >= 4 is 48.8 Å². The molecular formula is C34H44N6O7Si. The fraction of sp³-hybridized carbons (Fsp3) is 0.441. The van der Waals surface area contributed by atoms with E-state index in [1.54, 1.807) is 45.2 Å². The molecule has 14 heteroatoms. The van der Waals surface area contributed by atoms with Crippen LogP contribution in [-0.4, -0.2) is 70.9 Å². The van der Waals surface area contributed by atoms with Crippen molar-refractivity contribution in [1.29, 1.82) is 0 Å². The Hall–Kier alpha value is -4.21. The van der Waals surface area contributed by atoms with Gasteiger partial charge in [-0.25, -0.2) is 14.7 Å². The number of rotatable bonds is 10. The van der Waals surface area contributed by atoms with Gasteiger partial charge in [0.25, 0.3) is 11.8 Å². The van der Waals surface area contributed by atoms with Gasteiger partial charge in [0.2, 0.25) is 11.9 Å². The molecule has 1 aliphatic rings. The van der Waals surface area contributed by atoms with Crippen LogP contribution in [0.3, 0.4) is 0 Å². The Morgan fingerprint density at radius 1 is 1.08 bits per heavy atom. The number of para-hydroxylation sites is 2. The summed E-state index contributed by atoms with van der Waals surface area (Å²) >= 11 is 0. The largest absolute Gasteiger partial charge is 0.425 e. The lowest BCUT2D eigenvalue weighted by atomic mass is 10.1. The van der Waals surface area contributed by atoms with E-state index in [4.69, 9.17) is 18.6 Å². The normalized spacial score (nSPS) is 19.9. The van der Waals surface area contributed by atoms with E-state index in [0.29, 0.717) is 11.4 Å². The molecule has 5 rings (SSSR count). The van der Waals surface area contributed by atoms with Gasteiger partial charge in [-0.1, -0.05) is 71.0 Å². The minimum absolute atomic E-state index is 0.0246. The second-order valence-electron chi connectivity index (χ2n) is 13.6. The average Bonchev–Trinajstić information content (AvgIpc) is 3.62. The van der Waals surface area contributed by atoms with Crippen molar-refractivity contribution in [3.05, 3.63) is 67.0 Å². The third kappa shape index (κ3) is 7.27. The number of imidazole rings is 1. The molecule has 0 aliphatic carbocycles. The number of benzene rings is 2. The van der Waals surface area contributed by atoms with Gasteiger partial charge in [-0.15, -0.1) is 0 Å². The van der Waals surface area contributed by atoms with Crippen LogP contribution < -0.4 is 15.0 Å². The lowest BCUT2D eigenvalue weighted by molar-refractivity contribution is -0.253. The maximum Gasteiger partial charge on any atom is 0.425 e. The zero-order valence-corrected chi connectivity index (χ0v) is 29.6. The number of aromatic nitrogens is 4. The van der Waals surface area contributed by atoms with Gasteiger partial charge < -0.3 is 23.7 Å². The van der Waals surface area contributed by atoms with Crippen molar-refractivity contribution in [2.45, 2.75) is 77.3 Å². The molecule has 2 N–H and O–H groups in total. The Labute approximate surface area is 281 Å². The average molecular weight is 677 g/mol. The minimum atomic E-state index is -2.13. The van der Waals surface area contributed by atoms with Crippen LogP contribution >= 0.6 is 0 Å². The molecule has 13 nitrogen and oxygen atoms in total. The number of methoxy groups -OCH3 is 1. The van der Waals surface area contributed by atoms with Gasteiger partial charge in [0.15, 0.2) is 19.5 Å². The molecule has 256 valence electrons. The van der Waals surface area contributed by atoms with E-state index in [-0.39, 0.29) is 47.0 Å². The van der Waals surface area contributed by atoms with Gasteiger partial charge in [-0.05, 0) is 42.4 Å². The van der Waals surface area contributed by atoms with Crippen LogP contribution in [0.25, 0.3) is 11.2 Å². The molecule has 2 aromatic heterocycles. The van der Waals surface area contributed by atoms with E-state index >= 15 is 0 Å². The van der Waals surface area contributed by atoms with E-state index < -0.39 is 38.4 Å². The minimum Gasteiger partial charge on any atom is -0.414 e. The molecule has 0 saturated carbocycles. The number of carbonyl (C=O) groups excluding carboxylic acids is 2. The summed E-state index contributed by atoms with van der Waals surface area (Å²) in [6.07, 6.45) is -0.525. The quantitative estimate of drug-likeness (QED) is 0.186. The number of carbonyl (C=O) groups is 2. The van der Waals surface area contributed by atoms with Gasteiger partial charge >= 0.3 is 6.09 Å². The summed E-state index contributed by atoms with van der Waals surface area (Å²) in [4.78, 5) is 41.3. The highest BCUT2D eigenvalue weighted by molar-refractivity contribution is 6.74. The Morgan fingerprint density at radius 2 is 1.69 bits per heavy atom. The van der Waals surface area contributed by atoms with Crippen molar-refractivity contribution in [1.82, 2.24) is 19.5 Å². The molecular weight excluding hydrogens is 632 g/mol. The first-order chi connectivity index (χ1) is 22.6. The van der Waals surface area contributed by atoms with Gasteiger partial charge in [0.1, 0.15) is 12.4 Å². The van der Waals surface area contributed by atoms with Crippen LogP contribution in [0.5, 0.6) is 5.88 Å². The molecule has 2 aromatic carbocycles. The third-order valence-electron chi connectivity index (χ3n) is 8.83. The number of hydrogen-bond donors (Lipinski definition) is 2. The summed E-state index contributed by atoms with van der Waals surface area (Å²) in [6.45, 7) is 14.4. The van der Waals surface area contributed by atoms with Gasteiger partial charge in [0, 0.05) is 13.0 Å². The predicted molar refractivity (Wildman–Crippen MR) is 183 cm³/mol. The lowest BCUT2D eigenvalue weighted by Gasteiger charge is -2.37. The molecule has 0 spiro atoms. The van der Waals surface area contributed by atoms with Crippen LogP contribution in [0, 0.1) is 5.92 Å². The molecule has 48 heavy (non-hydrogen) atoms. The van der Waals surface area contributed by atoms with E-state index in [2.05, 4.69) is 54.1 Å². The van der Waals surface area contributed by atoms with Crippen LogP contribution in [0.1, 0.15) is 41.0 Å². The monoisotopic (exact) mass is 676 g/mol. The van der Waals surface area contributed by atoms with Crippen molar-refractivity contribution in [2.75, 3.05) is 23.9 Å². The molecule has 2 amide bonds. The molecule has 1 unspecified atom stereocenters. The topological polar surface area (TPSA) is 150 Å². The molecule has 3 heterocycles. The number of hydrogen-bond acceptors (Lipinski definition) is 10. The number of nitrogens with one attached hydrogen (secondary N) is 1. The number of fused-ring (bicyclic) bond motifs is 1. The SMILES string of the molecule is CO[C@H]1CC(O)(n2cnc3c(OC(=O)N(c4ccccc4)c4ccccc4)nc(NC(=O)C(C)C)nc32)O[C@@H]1CO[Si](C)(C)C(C)(C)C. The van der Waals surface area contributed by atoms with Crippen LogP contribution in [0.4, 0.5) is 22.1 Å². The molecule has 0 radical (unpaired) electrons. The van der Waals surface area contributed by atoms with E-state index in [1.165, 1.54) is 15.8 Å². The zero-order valence-electron chi connectivity index (χ0n) is 28.6. The smallest absolute Gasteiger partial charge is 0.414 e. The molecule has 4 aromatic rings. The lowest BCUT2D eigenvalue weighted by Crippen LogP contribution is -2.44. The van der Waals surface area contributed by atoms with E-state index in [9.17, 15) is 14.7 Å². The van der Waals surface area contributed by atoms with E-state index in [1.807, 2.05) is 36.4 Å². The summed E-state index contributed by atoms with van der Waals surface area (Å²) in [5, 5.41) is 14.6. The summed E-state index contributed by atoms with van der Waals surface area (Å²) in [7, 11) is -0.584. The van der Waals surface area contributed by atoms with Crippen molar-refractivity contribution < 1.29 is 33.3 Å². The molecule has 1 fully saturated rings.